The van der Waals surface area contributed by atoms with Crippen LogP contribution in [-0.2, 0) is 4.79 Å². The highest BCUT2D eigenvalue weighted by molar-refractivity contribution is 6.33. The molecule has 3 rings (SSSR count). The van der Waals surface area contributed by atoms with E-state index in [2.05, 4.69) is 20.9 Å². The van der Waals surface area contributed by atoms with Crippen LogP contribution in [-0.4, -0.2) is 22.2 Å². The fourth-order valence-electron chi connectivity index (χ4n) is 2.72. The summed E-state index contributed by atoms with van der Waals surface area (Å²) in [5.41, 5.74) is 2.08. The highest BCUT2D eigenvalue weighted by Crippen LogP contribution is 2.31. The number of aliphatic hydroxyl groups excluding tert-OH is 1. The molecule has 0 aliphatic carbocycles. The van der Waals surface area contributed by atoms with Gasteiger partial charge >= 0.3 is 0 Å². The number of nitrogens with zero attached hydrogens (tertiary/aromatic N) is 1. The summed E-state index contributed by atoms with van der Waals surface area (Å²) in [5.74, 6) is 1.57. The van der Waals surface area contributed by atoms with Gasteiger partial charge in [0.15, 0.2) is 0 Å². The summed E-state index contributed by atoms with van der Waals surface area (Å²) in [4.78, 5) is 15.9. The molecule has 2 aromatic carbocycles. The number of benzene rings is 2. The summed E-state index contributed by atoms with van der Waals surface area (Å²) in [5, 5.41) is 19.3. The molecule has 1 amide bonds. The fourth-order valence-corrected chi connectivity index (χ4v) is 2.93. The lowest BCUT2D eigenvalue weighted by molar-refractivity contribution is -0.115. The number of hydrogen-bond acceptors (Lipinski definition) is 6. The molecule has 4 N–H and O–H groups in total. The van der Waals surface area contributed by atoms with Crippen LogP contribution in [0, 0.1) is 0 Å². The Bertz CT molecular complexity index is 1040. The number of pyridine rings is 1. The summed E-state index contributed by atoms with van der Waals surface area (Å²) >= 11 is 6.26. The number of halogens is 1. The highest BCUT2D eigenvalue weighted by Gasteiger charge is 2.09. The van der Waals surface area contributed by atoms with Crippen LogP contribution in [0.3, 0.4) is 0 Å². The molecule has 0 bridgehead atoms. The van der Waals surface area contributed by atoms with E-state index in [9.17, 15) is 9.90 Å². The number of aliphatic hydroxyl groups is 1. The van der Waals surface area contributed by atoms with Crippen LogP contribution in [0.25, 0.3) is 0 Å². The Morgan fingerprint density at radius 1 is 1.06 bits per heavy atom. The summed E-state index contributed by atoms with van der Waals surface area (Å²) in [6.45, 7) is 3.67. The minimum atomic E-state index is -0.639. The van der Waals surface area contributed by atoms with Crippen LogP contribution in [0.4, 0.5) is 22.9 Å². The zero-order chi connectivity index (χ0) is 22.2. The molecule has 1 atom stereocenters. The summed E-state index contributed by atoms with van der Waals surface area (Å²) in [6, 6.07) is 16.1. The Kier molecular flexibility index (Phi) is 7.70. The van der Waals surface area contributed by atoms with E-state index < -0.39 is 6.23 Å². The number of hydrogen-bond donors (Lipinski definition) is 4. The molecule has 0 spiro atoms. The van der Waals surface area contributed by atoms with E-state index in [0.717, 1.165) is 11.4 Å². The van der Waals surface area contributed by atoms with Gasteiger partial charge in [0.05, 0.1) is 22.1 Å². The maximum Gasteiger partial charge on any atom is 0.224 e. The maximum absolute atomic E-state index is 11.6. The first kappa shape index (κ1) is 22.4. The van der Waals surface area contributed by atoms with Crippen molar-refractivity contribution in [3.05, 3.63) is 65.8 Å². The van der Waals surface area contributed by atoms with Crippen molar-refractivity contribution in [1.29, 1.82) is 0 Å². The molecule has 3 aromatic rings. The van der Waals surface area contributed by atoms with Crippen LogP contribution >= 0.6 is 11.6 Å². The number of carbonyl (C=O) groups excluding carboxylic acids is 1. The minimum absolute atomic E-state index is 0.110. The number of anilines is 4. The quantitative estimate of drug-likeness (QED) is 0.316. The van der Waals surface area contributed by atoms with Crippen LogP contribution in [0.2, 0.25) is 5.02 Å². The largest absolute Gasteiger partial charge is 0.457 e. The van der Waals surface area contributed by atoms with E-state index in [1.807, 2.05) is 31.2 Å². The molecule has 0 saturated carbocycles. The van der Waals surface area contributed by atoms with Crippen molar-refractivity contribution in [2.24, 2.45) is 0 Å². The van der Waals surface area contributed by atoms with Gasteiger partial charge in [-0.3, -0.25) is 4.79 Å². The molecule has 1 unspecified atom stereocenters. The number of para-hydroxylation sites is 2. The number of nitrogens with one attached hydrogen (secondary N) is 3. The predicted octanol–water partition coefficient (Wildman–Crippen LogP) is 5.76. The van der Waals surface area contributed by atoms with Gasteiger partial charge in [-0.2, -0.15) is 0 Å². The topological polar surface area (TPSA) is 95.5 Å². The maximum atomic E-state index is 11.6. The normalized spacial score (nSPS) is 11.5. The molecule has 0 radical (unpaired) electrons. The van der Waals surface area contributed by atoms with Gasteiger partial charge in [0, 0.05) is 24.8 Å². The standard InChI is InChI=1S/C23H25ClN4O3/c1-3-22(29)27-18-10-9-15(13-17(18)24)31-16-11-12-25-21(14-16)26-19-7-5-6-8-20(19)28-23(30)4-2/h5-14,23,28,30H,3-4H2,1-2H3,(H,25,26)(H,27,29). The first-order chi connectivity index (χ1) is 15.0. The minimum Gasteiger partial charge on any atom is -0.457 e. The van der Waals surface area contributed by atoms with E-state index in [1.54, 1.807) is 43.5 Å². The van der Waals surface area contributed by atoms with E-state index >= 15 is 0 Å². The summed E-state index contributed by atoms with van der Waals surface area (Å²) in [7, 11) is 0. The van der Waals surface area contributed by atoms with Gasteiger partial charge < -0.3 is 25.8 Å². The third-order valence-electron chi connectivity index (χ3n) is 4.40. The Balaban J connectivity index is 1.73. The molecular formula is C23H25ClN4O3. The van der Waals surface area contributed by atoms with Crippen molar-refractivity contribution in [1.82, 2.24) is 4.98 Å². The molecule has 7 nitrogen and oxygen atoms in total. The van der Waals surface area contributed by atoms with Crippen LogP contribution in [0.1, 0.15) is 26.7 Å². The van der Waals surface area contributed by atoms with Crippen molar-refractivity contribution >= 4 is 40.4 Å². The molecule has 1 aromatic heterocycles. The molecule has 0 fully saturated rings. The molecule has 0 saturated heterocycles. The molecule has 0 aliphatic rings. The Morgan fingerprint density at radius 3 is 2.52 bits per heavy atom. The first-order valence-electron chi connectivity index (χ1n) is 10.0. The Labute approximate surface area is 186 Å². The monoisotopic (exact) mass is 440 g/mol. The number of ether oxygens (including phenoxy) is 1. The lowest BCUT2D eigenvalue weighted by atomic mass is 10.2. The summed E-state index contributed by atoms with van der Waals surface area (Å²) in [6.07, 6.45) is 1.95. The summed E-state index contributed by atoms with van der Waals surface area (Å²) < 4.78 is 5.90. The van der Waals surface area contributed by atoms with Gasteiger partial charge in [-0.05, 0) is 36.8 Å². The molecular weight excluding hydrogens is 416 g/mol. The van der Waals surface area contributed by atoms with E-state index in [1.165, 1.54) is 0 Å². The Hall–Kier alpha value is -3.29. The lowest BCUT2D eigenvalue weighted by Gasteiger charge is -2.17. The predicted molar refractivity (Wildman–Crippen MR) is 124 cm³/mol. The van der Waals surface area contributed by atoms with E-state index in [0.29, 0.717) is 40.9 Å². The number of carbonyl (C=O) groups is 1. The van der Waals surface area contributed by atoms with Gasteiger partial charge in [0.1, 0.15) is 23.5 Å². The molecule has 162 valence electrons. The van der Waals surface area contributed by atoms with Gasteiger partial charge in [-0.25, -0.2) is 4.98 Å². The average Bonchev–Trinajstić information content (AvgIpc) is 2.77. The number of aromatic nitrogens is 1. The lowest BCUT2D eigenvalue weighted by Crippen LogP contribution is -2.17. The van der Waals surface area contributed by atoms with E-state index in [-0.39, 0.29) is 5.91 Å². The second-order valence-corrected chi connectivity index (χ2v) is 7.17. The Morgan fingerprint density at radius 2 is 1.81 bits per heavy atom. The average molecular weight is 441 g/mol. The van der Waals surface area contributed by atoms with Gasteiger partial charge in [-0.15, -0.1) is 0 Å². The van der Waals surface area contributed by atoms with Crippen molar-refractivity contribution in [2.45, 2.75) is 32.9 Å². The van der Waals surface area contributed by atoms with Crippen LogP contribution < -0.4 is 20.7 Å². The highest BCUT2D eigenvalue weighted by atomic mass is 35.5. The van der Waals surface area contributed by atoms with E-state index in [4.69, 9.17) is 16.3 Å². The molecule has 31 heavy (non-hydrogen) atoms. The molecule has 1 heterocycles. The van der Waals surface area contributed by atoms with Crippen LogP contribution in [0.5, 0.6) is 11.5 Å². The van der Waals surface area contributed by atoms with Crippen LogP contribution in [0.15, 0.2) is 60.8 Å². The third-order valence-corrected chi connectivity index (χ3v) is 4.71. The smallest absolute Gasteiger partial charge is 0.224 e. The number of rotatable bonds is 9. The second kappa shape index (κ2) is 10.7. The zero-order valence-corrected chi connectivity index (χ0v) is 18.1. The van der Waals surface area contributed by atoms with Gasteiger partial charge in [0.25, 0.3) is 0 Å². The van der Waals surface area contributed by atoms with Crippen molar-refractivity contribution in [3.8, 4) is 11.5 Å². The molecule has 8 heteroatoms. The number of amides is 1. The SMILES string of the molecule is CCC(=O)Nc1ccc(Oc2ccnc(Nc3ccccc3NC(O)CC)c2)cc1Cl. The van der Waals surface area contributed by atoms with Crippen molar-refractivity contribution in [2.75, 3.05) is 16.0 Å². The zero-order valence-electron chi connectivity index (χ0n) is 17.4. The molecule has 0 aliphatic heterocycles. The fraction of sp³-hybridized carbons (Fsp3) is 0.217. The van der Waals surface area contributed by atoms with Gasteiger partial charge in [0.2, 0.25) is 5.91 Å². The van der Waals surface area contributed by atoms with Crippen molar-refractivity contribution in [3.63, 3.8) is 0 Å². The first-order valence-corrected chi connectivity index (χ1v) is 10.4. The third kappa shape index (κ3) is 6.34. The van der Waals surface area contributed by atoms with Crippen molar-refractivity contribution < 1.29 is 14.6 Å². The second-order valence-electron chi connectivity index (χ2n) is 6.76. The van der Waals surface area contributed by atoms with Gasteiger partial charge in [-0.1, -0.05) is 37.6 Å².